The first-order valence-electron chi connectivity index (χ1n) is 7.33. The van der Waals surface area contributed by atoms with Gasteiger partial charge in [0.05, 0.1) is 35.6 Å². The van der Waals surface area contributed by atoms with E-state index in [0.717, 1.165) is 22.6 Å². The monoisotopic (exact) mass is 344 g/mol. The van der Waals surface area contributed by atoms with Crippen LogP contribution in [0.15, 0.2) is 10.7 Å². The topological polar surface area (TPSA) is 65.1 Å². The summed E-state index contributed by atoms with van der Waals surface area (Å²) in [6, 6.07) is 0.145. The molecule has 1 aromatic heterocycles. The van der Waals surface area contributed by atoms with E-state index in [4.69, 9.17) is 10.6 Å². The summed E-state index contributed by atoms with van der Waals surface area (Å²) in [5.74, 6) is 7.21. The molecule has 0 bridgehead atoms. The number of hydrazine groups is 1. The molecular formula is C14H25BrN4O. The molecule has 0 aromatic carbocycles. The molecule has 6 heteroatoms. The van der Waals surface area contributed by atoms with Crippen LogP contribution < -0.4 is 11.3 Å². The van der Waals surface area contributed by atoms with Gasteiger partial charge in [-0.3, -0.25) is 16.0 Å². The molecule has 0 saturated heterocycles. The molecular weight excluding hydrogens is 320 g/mol. The Morgan fingerprint density at radius 2 is 2.40 bits per heavy atom. The van der Waals surface area contributed by atoms with Crippen LogP contribution in [-0.2, 0) is 11.3 Å². The zero-order valence-corrected chi connectivity index (χ0v) is 13.9. The van der Waals surface area contributed by atoms with Crippen molar-refractivity contribution in [2.75, 3.05) is 13.7 Å². The molecule has 0 spiro atoms. The van der Waals surface area contributed by atoms with Crippen molar-refractivity contribution in [1.29, 1.82) is 0 Å². The summed E-state index contributed by atoms with van der Waals surface area (Å²) >= 11 is 3.61. The van der Waals surface area contributed by atoms with Crippen LogP contribution >= 0.6 is 15.9 Å². The Bertz CT molecular complexity index is 423. The zero-order valence-electron chi connectivity index (χ0n) is 12.3. The number of nitrogens with two attached hydrogens (primary N) is 1. The largest absolute Gasteiger partial charge is 0.383 e. The Kier molecular flexibility index (Phi) is 6.01. The maximum absolute atomic E-state index is 5.86. The molecule has 3 atom stereocenters. The highest BCUT2D eigenvalue weighted by Crippen LogP contribution is 2.38. The van der Waals surface area contributed by atoms with Gasteiger partial charge in [-0.25, -0.2) is 0 Å². The predicted octanol–water partition coefficient (Wildman–Crippen LogP) is 2.62. The molecule has 0 aliphatic heterocycles. The zero-order chi connectivity index (χ0) is 14.5. The number of methoxy groups -OCH3 is 1. The van der Waals surface area contributed by atoms with Crippen LogP contribution in [0.4, 0.5) is 0 Å². The molecule has 1 fully saturated rings. The fourth-order valence-corrected chi connectivity index (χ4v) is 3.80. The predicted molar refractivity (Wildman–Crippen MR) is 83.0 cm³/mol. The van der Waals surface area contributed by atoms with Crippen LogP contribution in [0.1, 0.15) is 44.3 Å². The lowest BCUT2D eigenvalue weighted by molar-refractivity contribution is 0.176. The van der Waals surface area contributed by atoms with Gasteiger partial charge in [0.1, 0.15) is 0 Å². The summed E-state index contributed by atoms with van der Waals surface area (Å²) in [6.07, 6.45) is 6.91. The van der Waals surface area contributed by atoms with Crippen molar-refractivity contribution < 1.29 is 4.74 Å². The minimum absolute atomic E-state index is 0.145. The van der Waals surface area contributed by atoms with E-state index in [0.29, 0.717) is 12.5 Å². The van der Waals surface area contributed by atoms with Crippen molar-refractivity contribution in [3.63, 3.8) is 0 Å². The molecule has 5 nitrogen and oxygen atoms in total. The number of halogens is 1. The molecule has 2 rings (SSSR count). The highest BCUT2D eigenvalue weighted by molar-refractivity contribution is 9.10. The third-order valence-corrected chi connectivity index (χ3v) is 4.87. The van der Waals surface area contributed by atoms with Crippen molar-refractivity contribution in [3.05, 3.63) is 16.4 Å². The van der Waals surface area contributed by atoms with E-state index < -0.39 is 0 Å². The van der Waals surface area contributed by atoms with E-state index in [9.17, 15) is 0 Å². The molecule has 114 valence electrons. The van der Waals surface area contributed by atoms with E-state index in [1.807, 2.05) is 10.9 Å². The van der Waals surface area contributed by atoms with Gasteiger partial charge in [-0.2, -0.15) is 5.10 Å². The van der Waals surface area contributed by atoms with Crippen molar-refractivity contribution in [3.8, 4) is 0 Å². The van der Waals surface area contributed by atoms with Crippen LogP contribution in [0.5, 0.6) is 0 Å². The van der Waals surface area contributed by atoms with Gasteiger partial charge in [-0.1, -0.05) is 19.8 Å². The molecule has 20 heavy (non-hydrogen) atoms. The highest BCUT2D eigenvalue weighted by atomic mass is 79.9. The number of rotatable bonds is 6. The summed E-state index contributed by atoms with van der Waals surface area (Å²) in [4.78, 5) is 0. The third-order valence-electron chi connectivity index (χ3n) is 4.26. The van der Waals surface area contributed by atoms with Crippen LogP contribution in [-0.4, -0.2) is 23.5 Å². The smallest absolute Gasteiger partial charge is 0.0713 e. The van der Waals surface area contributed by atoms with E-state index >= 15 is 0 Å². The van der Waals surface area contributed by atoms with Crippen molar-refractivity contribution in [2.24, 2.45) is 17.7 Å². The molecule has 1 aromatic rings. The van der Waals surface area contributed by atoms with E-state index in [2.05, 4.69) is 33.4 Å². The molecule has 1 saturated carbocycles. The number of hydrogen-bond acceptors (Lipinski definition) is 4. The van der Waals surface area contributed by atoms with Crippen LogP contribution in [0.3, 0.4) is 0 Å². The second-order valence-corrected chi connectivity index (χ2v) is 6.62. The number of ether oxygens (including phenoxy) is 1. The summed E-state index contributed by atoms with van der Waals surface area (Å²) < 4.78 is 8.18. The maximum atomic E-state index is 5.86. The fourth-order valence-electron chi connectivity index (χ4n) is 3.26. The van der Waals surface area contributed by atoms with Gasteiger partial charge in [-0.15, -0.1) is 0 Å². The van der Waals surface area contributed by atoms with Crippen LogP contribution in [0, 0.1) is 11.8 Å². The fraction of sp³-hybridized carbons (Fsp3) is 0.786. The first kappa shape index (κ1) is 15.9. The number of hydrogen-bond donors (Lipinski definition) is 2. The second-order valence-electron chi connectivity index (χ2n) is 5.77. The molecule has 1 aliphatic carbocycles. The Morgan fingerprint density at radius 3 is 3.05 bits per heavy atom. The number of nitrogens with zero attached hydrogens (tertiary/aromatic N) is 2. The number of nitrogens with one attached hydrogen (secondary N) is 1. The van der Waals surface area contributed by atoms with Gasteiger partial charge < -0.3 is 4.74 Å². The van der Waals surface area contributed by atoms with Gasteiger partial charge in [-0.05, 0) is 40.6 Å². The molecule has 3 unspecified atom stereocenters. The highest BCUT2D eigenvalue weighted by Gasteiger charge is 2.30. The van der Waals surface area contributed by atoms with Gasteiger partial charge >= 0.3 is 0 Å². The summed E-state index contributed by atoms with van der Waals surface area (Å²) in [7, 11) is 1.71. The summed E-state index contributed by atoms with van der Waals surface area (Å²) in [6.45, 7) is 3.73. The molecule has 1 heterocycles. The average molecular weight is 345 g/mol. The Balaban J connectivity index is 2.19. The third kappa shape index (κ3) is 3.61. The van der Waals surface area contributed by atoms with Crippen LogP contribution in [0.25, 0.3) is 0 Å². The van der Waals surface area contributed by atoms with Gasteiger partial charge in [0.15, 0.2) is 0 Å². The van der Waals surface area contributed by atoms with Gasteiger partial charge in [0, 0.05) is 7.11 Å². The van der Waals surface area contributed by atoms with Gasteiger partial charge in [0.2, 0.25) is 0 Å². The summed E-state index contributed by atoms with van der Waals surface area (Å²) in [5, 5.41) is 4.43. The van der Waals surface area contributed by atoms with Crippen molar-refractivity contribution in [1.82, 2.24) is 15.2 Å². The van der Waals surface area contributed by atoms with E-state index in [1.165, 1.54) is 25.7 Å². The SMILES string of the molecule is COCCn1ncc(Br)c1C(NN)C1CCCC(C)C1. The molecule has 3 N–H and O–H groups in total. The van der Waals surface area contributed by atoms with Crippen LogP contribution in [0.2, 0.25) is 0 Å². The van der Waals surface area contributed by atoms with Gasteiger partial charge in [0.25, 0.3) is 0 Å². The Morgan fingerprint density at radius 1 is 1.60 bits per heavy atom. The number of aromatic nitrogens is 2. The molecule has 0 amide bonds. The minimum atomic E-state index is 0.145. The average Bonchev–Trinajstić information content (AvgIpc) is 2.79. The molecule has 1 aliphatic rings. The normalized spacial score (nSPS) is 24.8. The lowest BCUT2D eigenvalue weighted by Crippen LogP contribution is -2.37. The Hall–Kier alpha value is -0.430. The first-order valence-corrected chi connectivity index (χ1v) is 8.13. The lowest BCUT2D eigenvalue weighted by Gasteiger charge is -2.33. The quantitative estimate of drug-likeness (QED) is 0.615. The summed E-state index contributed by atoms with van der Waals surface area (Å²) in [5.41, 5.74) is 4.16. The standard InChI is InChI=1S/C14H25BrN4O/c1-10-4-3-5-11(8-10)13(18-16)14-12(15)9-17-19(14)6-7-20-2/h9-11,13,18H,3-8,16H2,1-2H3. The molecule has 0 radical (unpaired) electrons. The Labute approximate surface area is 129 Å². The van der Waals surface area contributed by atoms with E-state index in [-0.39, 0.29) is 6.04 Å². The maximum Gasteiger partial charge on any atom is 0.0713 e. The van der Waals surface area contributed by atoms with E-state index in [1.54, 1.807) is 7.11 Å². The first-order chi connectivity index (χ1) is 9.67. The van der Waals surface area contributed by atoms with Crippen molar-refractivity contribution >= 4 is 15.9 Å². The lowest BCUT2D eigenvalue weighted by atomic mass is 9.78. The van der Waals surface area contributed by atoms with Crippen molar-refractivity contribution in [2.45, 2.75) is 45.2 Å². The second kappa shape index (κ2) is 7.54. The minimum Gasteiger partial charge on any atom is -0.383 e.